The first-order valence-electron chi connectivity index (χ1n) is 5.33. The van der Waals surface area contributed by atoms with E-state index in [-0.39, 0.29) is 13.2 Å². The average Bonchev–Trinajstić information content (AvgIpc) is 2.22. The molecule has 0 aliphatic carbocycles. The van der Waals surface area contributed by atoms with Crippen LogP contribution >= 0.6 is 0 Å². The molecular weight excluding hydrogens is 234 g/mol. The van der Waals surface area contributed by atoms with Gasteiger partial charge in [-0.15, -0.1) is 0 Å². The Labute approximate surface area is 99.3 Å². The molecule has 0 aliphatic heterocycles. The van der Waals surface area contributed by atoms with Crippen LogP contribution in [0.5, 0.6) is 0 Å². The molecule has 0 unspecified atom stereocenters. The Bertz CT molecular complexity index is 282. The summed E-state index contributed by atoms with van der Waals surface area (Å²) in [6.07, 6.45) is 0.596. The van der Waals surface area contributed by atoms with Gasteiger partial charge in [0.05, 0.1) is 5.41 Å². The fourth-order valence-electron chi connectivity index (χ4n) is 0.735. The van der Waals surface area contributed by atoms with Crippen LogP contribution in [0.4, 0.5) is 8.78 Å². The quantitative estimate of drug-likeness (QED) is 0.537. The van der Waals surface area contributed by atoms with Crippen LogP contribution in [-0.2, 0) is 19.1 Å². The number of carbonyl (C=O) groups excluding carboxylic acids is 2. The van der Waals surface area contributed by atoms with E-state index in [4.69, 9.17) is 4.74 Å². The van der Waals surface area contributed by atoms with Gasteiger partial charge in [-0.2, -0.15) is 8.78 Å². The lowest BCUT2D eigenvalue weighted by molar-refractivity contribution is -0.173. The number of hydrogen-bond donors (Lipinski definition) is 0. The van der Waals surface area contributed by atoms with Crippen LogP contribution in [0, 0.1) is 5.41 Å². The Morgan fingerprint density at radius 2 is 1.41 bits per heavy atom. The van der Waals surface area contributed by atoms with E-state index in [1.54, 1.807) is 13.8 Å². The van der Waals surface area contributed by atoms with Gasteiger partial charge in [-0.05, 0) is 20.3 Å². The van der Waals surface area contributed by atoms with Crippen molar-refractivity contribution >= 4 is 11.9 Å². The molecule has 0 saturated carbocycles. The van der Waals surface area contributed by atoms with Crippen molar-refractivity contribution in [2.75, 3.05) is 13.2 Å². The van der Waals surface area contributed by atoms with E-state index >= 15 is 0 Å². The van der Waals surface area contributed by atoms with Crippen molar-refractivity contribution in [3.05, 3.63) is 0 Å². The van der Waals surface area contributed by atoms with Gasteiger partial charge in [0.15, 0.2) is 0 Å². The molecular formula is C11H18F2O4. The molecule has 0 bridgehead atoms. The molecule has 6 heteroatoms. The first-order valence-corrected chi connectivity index (χ1v) is 5.33. The number of ether oxygens (including phenoxy) is 2. The zero-order valence-electron chi connectivity index (χ0n) is 10.5. The van der Waals surface area contributed by atoms with Crippen molar-refractivity contribution in [3.63, 3.8) is 0 Å². The number of hydrogen-bond acceptors (Lipinski definition) is 4. The minimum absolute atomic E-state index is 0.218. The van der Waals surface area contributed by atoms with Crippen LogP contribution in [-0.4, -0.2) is 31.1 Å². The summed E-state index contributed by atoms with van der Waals surface area (Å²) in [5, 5.41) is 0. The zero-order chi connectivity index (χ0) is 13.7. The van der Waals surface area contributed by atoms with E-state index in [1.807, 2.05) is 6.92 Å². The number of esters is 2. The van der Waals surface area contributed by atoms with Crippen molar-refractivity contribution < 1.29 is 27.8 Å². The van der Waals surface area contributed by atoms with Crippen LogP contribution in [0.1, 0.15) is 34.1 Å². The maximum Gasteiger partial charge on any atom is 0.376 e. The number of halogens is 2. The first-order chi connectivity index (χ1) is 7.61. The van der Waals surface area contributed by atoms with Crippen molar-refractivity contribution in [2.45, 2.75) is 40.0 Å². The van der Waals surface area contributed by atoms with Gasteiger partial charge in [-0.25, -0.2) is 4.79 Å². The molecule has 100 valence electrons. The minimum Gasteiger partial charge on any atom is -0.462 e. The topological polar surface area (TPSA) is 52.6 Å². The number of alkyl halides is 2. The normalized spacial score (nSPS) is 12.1. The Hall–Kier alpha value is -1.20. The molecule has 17 heavy (non-hydrogen) atoms. The van der Waals surface area contributed by atoms with Gasteiger partial charge in [0, 0.05) is 6.92 Å². The molecule has 0 N–H and O–H groups in total. The molecule has 4 nitrogen and oxygen atoms in total. The molecule has 0 radical (unpaired) electrons. The molecule has 0 rings (SSSR count). The standard InChI is InChI=1S/C11H18F2O4/c1-5-10(2,3)8(14)16-6-7-17-9(15)11(4,12)13/h5-7H2,1-4H3. The summed E-state index contributed by atoms with van der Waals surface area (Å²) < 4.78 is 33.8. The Kier molecular flexibility index (Phi) is 5.51. The fraction of sp³-hybridized carbons (Fsp3) is 0.818. The third kappa shape index (κ3) is 5.60. The van der Waals surface area contributed by atoms with Gasteiger partial charge in [-0.3, -0.25) is 4.79 Å². The second-order valence-corrected chi connectivity index (χ2v) is 4.40. The highest BCUT2D eigenvalue weighted by Crippen LogP contribution is 2.21. The first kappa shape index (κ1) is 15.8. The van der Waals surface area contributed by atoms with Gasteiger partial charge in [0.1, 0.15) is 13.2 Å². The zero-order valence-corrected chi connectivity index (χ0v) is 10.5. The Balaban J connectivity index is 3.88. The van der Waals surface area contributed by atoms with Crippen LogP contribution in [0.25, 0.3) is 0 Å². The van der Waals surface area contributed by atoms with Crippen molar-refractivity contribution in [1.82, 2.24) is 0 Å². The van der Waals surface area contributed by atoms with E-state index in [2.05, 4.69) is 4.74 Å². The summed E-state index contributed by atoms with van der Waals surface area (Å²) in [5.74, 6) is -5.59. The van der Waals surface area contributed by atoms with Gasteiger partial charge < -0.3 is 9.47 Å². The number of rotatable bonds is 6. The lowest BCUT2D eigenvalue weighted by Gasteiger charge is -2.20. The van der Waals surface area contributed by atoms with Crippen LogP contribution in [0.3, 0.4) is 0 Å². The van der Waals surface area contributed by atoms with Gasteiger partial charge in [0.2, 0.25) is 0 Å². The third-order valence-corrected chi connectivity index (χ3v) is 2.34. The van der Waals surface area contributed by atoms with Crippen molar-refractivity contribution in [1.29, 1.82) is 0 Å². The summed E-state index contributed by atoms with van der Waals surface area (Å²) in [6.45, 7) is 5.11. The van der Waals surface area contributed by atoms with Gasteiger partial charge in [-0.1, -0.05) is 6.92 Å². The fourth-order valence-corrected chi connectivity index (χ4v) is 0.735. The van der Waals surface area contributed by atoms with Gasteiger partial charge >= 0.3 is 17.9 Å². The summed E-state index contributed by atoms with van der Waals surface area (Å²) in [6, 6.07) is 0. The van der Waals surface area contributed by atoms with E-state index in [0.29, 0.717) is 13.3 Å². The molecule has 0 amide bonds. The second-order valence-electron chi connectivity index (χ2n) is 4.40. The van der Waals surface area contributed by atoms with Crippen molar-refractivity contribution in [3.8, 4) is 0 Å². The minimum atomic E-state index is -3.52. The van der Waals surface area contributed by atoms with E-state index in [0.717, 1.165) is 0 Å². The molecule has 0 atom stereocenters. The SMILES string of the molecule is CCC(C)(C)C(=O)OCCOC(=O)C(C)(F)F. The molecule has 0 fully saturated rings. The predicted molar refractivity (Wildman–Crippen MR) is 56.6 cm³/mol. The third-order valence-electron chi connectivity index (χ3n) is 2.34. The second kappa shape index (κ2) is 5.93. The molecule has 0 aromatic rings. The lowest BCUT2D eigenvalue weighted by Crippen LogP contribution is -2.30. The summed E-state index contributed by atoms with van der Waals surface area (Å²) in [4.78, 5) is 22.1. The van der Waals surface area contributed by atoms with Crippen LogP contribution in [0.2, 0.25) is 0 Å². The molecule has 0 spiro atoms. The largest absolute Gasteiger partial charge is 0.462 e. The molecule has 0 heterocycles. The Morgan fingerprint density at radius 3 is 1.76 bits per heavy atom. The maximum absolute atomic E-state index is 12.4. The van der Waals surface area contributed by atoms with E-state index in [1.165, 1.54) is 0 Å². The monoisotopic (exact) mass is 252 g/mol. The average molecular weight is 252 g/mol. The van der Waals surface area contributed by atoms with Gasteiger partial charge in [0.25, 0.3) is 0 Å². The molecule has 0 aromatic carbocycles. The molecule has 0 saturated heterocycles. The van der Waals surface area contributed by atoms with Crippen molar-refractivity contribution in [2.24, 2.45) is 5.41 Å². The smallest absolute Gasteiger partial charge is 0.376 e. The highest BCUT2D eigenvalue weighted by Gasteiger charge is 2.34. The molecule has 0 aromatic heterocycles. The highest BCUT2D eigenvalue weighted by atomic mass is 19.3. The van der Waals surface area contributed by atoms with E-state index in [9.17, 15) is 18.4 Å². The molecule has 0 aliphatic rings. The van der Waals surface area contributed by atoms with Crippen LogP contribution in [0.15, 0.2) is 0 Å². The van der Waals surface area contributed by atoms with E-state index < -0.39 is 23.3 Å². The predicted octanol–water partition coefficient (Wildman–Crippen LogP) is 2.16. The summed E-state index contributed by atoms with van der Waals surface area (Å²) >= 11 is 0. The summed E-state index contributed by atoms with van der Waals surface area (Å²) in [5.41, 5.74) is -0.626. The highest BCUT2D eigenvalue weighted by molar-refractivity contribution is 5.77. The van der Waals surface area contributed by atoms with Crippen LogP contribution < -0.4 is 0 Å². The number of carbonyl (C=O) groups is 2. The Morgan fingerprint density at radius 1 is 1.00 bits per heavy atom. The summed E-state index contributed by atoms with van der Waals surface area (Å²) in [7, 11) is 0. The lowest BCUT2D eigenvalue weighted by atomic mass is 9.91. The maximum atomic E-state index is 12.4.